The molecule has 25 heavy (non-hydrogen) atoms. The van der Waals surface area contributed by atoms with E-state index in [0.29, 0.717) is 10.9 Å². The second-order valence-electron chi connectivity index (χ2n) is 5.01. The van der Waals surface area contributed by atoms with E-state index in [1.807, 2.05) is 36.4 Å². The number of thioether (sulfide) groups is 2. The van der Waals surface area contributed by atoms with Crippen molar-refractivity contribution in [2.24, 2.45) is 10.2 Å². The van der Waals surface area contributed by atoms with E-state index in [4.69, 9.17) is 4.74 Å². The molecule has 1 aliphatic rings. The normalized spacial score (nSPS) is 15.7. The van der Waals surface area contributed by atoms with Crippen LogP contribution in [0.5, 0.6) is 5.75 Å². The molecule has 1 aliphatic heterocycles. The smallest absolute Gasteiger partial charge is 0.236 e. The van der Waals surface area contributed by atoms with Crippen molar-refractivity contribution >= 4 is 40.8 Å². The van der Waals surface area contributed by atoms with Crippen molar-refractivity contribution in [3.8, 4) is 5.75 Å². The summed E-state index contributed by atoms with van der Waals surface area (Å²) < 4.78 is 5.43. The van der Waals surface area contributed by atoms with Crippen LogP contribution in [-0.2, 0) is 10.5 Å². The maximum absolute atomic E-state index is 11.1. The standard InChI is InChI=1S/C17H16N4O2S2/c1-23-14-6-5-12(9-19-21-17-20-15(22)11-25-17)8-13(14)10-24-16-4-2-3-7-18-16/h2-9H,10-11H2,1H3,(H,20,21,22). The van der Waals surface area contributed by atoms with Crippen molar-refractivity contribution < 1.29 is 9.53 Å². The van der Waals surface area contributed by atoms with E-state index in [1.165, 1.54) is 11.8 Å². The Morgan fingerprint density at radius 2 is 2.32 bits per heavy atom. The van der Waals surface area contributed by atoms with E-state index in [1.54, 1.807) is 31.3 Å². The largest absolute Gasteiger partial charge is 0.496 e. The number of rotatable bonds is 6. The molecular formula is C17H16N4O2S2. The topological polar surface area (TPSA) is 75.9 Å². The van der Waals surface area contributed by atoms with Crippen molar-refractivity contribution in [1.82, 2.24) is 10.3 Å². The Kier molecular flexibility index (Phi) is 6.08. The molecule has 0 saturated carbocycles. The fraction of sp³-hybridized carbons (Fsp3) is 0.176. The number of nitrogens with one attached hydrogen (secondary N) is 1. The predicted octanol–water partition coefficient (Wildman–Crippen LogP) is 2.94. The first kappa shape index (κ1) is 17.5. The lowest BCUT2D eigenvalue weighted by Crippen LogP contribution is -2.19. The fourth-order valence-corrected chi connectivity index (χ4v) is 3.57. The van der Waals surface area contributed by atoms with Crippen LogP contribution in [0.25, 0.3) is 0 Å². The highest BCUT2D eigenvalue weighted by molar-refractivity contribution is 8.15. The van der Waals surface area contributed by atoms with Crippen molar-refractivity contribution in [3.05, 3.63) is 53.7 Å². The van der Waals surface area contributed by atoms with Gasteiger partial charge in [0.1, 0.15) is 5.75 Å². The summed E-state index contributed by atoms with van der Waals surface area (Å²) in [5.74, 6) is 1.91. The number of pyridine rings is 1. The molecule has 1 fully saturated rings. The van der Waals surface area contributed by atoms with Crippen LogP contribution < -0.4 is 10.1 Å². The summed E-state index contributed by atoms with van der Waals surface area (Å²) >= 11 is 2.99. The van der Waals surface area contributed by atoms with Gasteiger partial charge in [-0.3, -0.25) is 4.79 Å². The second-order valence-corrected chi connectivity index (χ2v) is 6.97. The minimum Gasteiger partial charge on any atom is -0.496 e. The molecule has 0 bridgehead atoms. The van der Waals surface area contributed by atoms with Gasteiger partial charge >= 0.3 is 0 Å². The highest BCUT2D eigenvalue weighted by Crippen LogP contribution is 2.27. The zero-order valence-corrected chi connectivity index (χ0v) is 15.1. The summed E-state index contributed by atoms with van der Waals surface area (Å²) in [6.45, 7) is 0. The highest BCUT2D eigenvalue weighted by atomic mass is 32.2. The maximum atomic E-state index is 11.1. The lowest BCUT2D eigenvalue weighted by atomic mass is 10.1. The zero-order chi connectivity index (χ0) is 17.5. The minimum atomic E-state index is -0.0442. The molecule has 0 radical (unpaired) electrons. The van der Waals surface area contributed by atoms with Gasteiger partial charge in [0, 0.05) is 17.5 Å². The molecule has 0 spiro atoms. The number of nitrogens with zero attached hydrogens (tertiary/aromatic N) is 3. The number of amidine groups is 1. The molecule has 0 atom stereocenters. The van der Waals surface area contributed by atoms with Gasteiger partial charge in [-0.25, -0.2) is 4.98 Å². The molecule has 1 aromatic carbocycles. The monoisotopic (exact) mass is 372 g/mol. The Labute approximate surface area is 154 Å². The van der Waals surface area contributed by atoms with Crippen molar-refractivity contribution in [3.63, 3.8) is 0 Å². The van der Waals surface area contributed by atoms with Crippen LogP contribution in [0.3, 0.4) is 0 Å². The molecule has 8 heteroatoms. The number of ether oxygens (including phenoxy) is 1. The van der Waals surface area contributed by atoms with Crippen LogP contribution in [0.4, 0.5) is 0 Å². The first-order valence-corrected chi connectivity index (χ1v) is 9.46. The number of methoxy groups -OCH3 is 1. The minimum absolute atomic E-state index is 0.0442. The summed E-state index contributed by atoms with van der Waals surface area (Å²) in [4.78, 5) is 15.4. The molecule has 3 rings (SSSR count). The molecule has 1 amide bonds. The average Bonchev–Trinajstić information content (AvgIpc) is 3.06. The Morgan fingerprint density at radius 1 is 1.40 bits per heavy atom. The van der Waals surface area contributed by atoms with Crippen LogP contribution in [0, 0.1) is 0 Å². The van der Waals surface area contributed by atoms with Gasteiger partial charge in [-0.05, 0) is 35.9 Å². The summed E-state index contributed by atoms with van der Waals surface area (Å²) in [6.07, 6.45) is 3.44. The Hall–Kier alpha value is -2.32. The van der Waals surface area contributed by atoms with Crippen LogP contribution in [0.2, 0.25) is 0 Å². The molecular weight excluding hydrogens is 356 g/mol. The third kappa shape index (κ3) is 5.07. The maximum Gasteiger partial charge on any atom is 0.236 e. The van der Waals surface area contributed by atoms with Gasteiger partial charge in [-0.2, -0.15) is 5.10 Å². The van der Waals surface area contributed by atoms with Crippen molar-refractivity contribution in [1.29, 1.82) is 0 Å². The van der Waals surface area contributed by atoms with Gasteiger partial charge in [0.25, 0.3) is 0 Å². The molecule has 1 aromatic heterocycles. The fourth-order valence-electron chi connectivity index (χ4n) is 2.10. The van der Waals surface area contributed by atoms with Gasteiger partial charge in [0.15, 0.2) is 5.17 Å². The Balaban J connectivity index is 1.70. The zero-order valence-electron chi connectivity index (χ0n) is 13.5. The molecule has 0 unspecified atom stereocenters. The quantitative estimate of drug-likeness (QED) is 0.479. The SMILES string of the molecule is COc1ccc(C=NN=C2NC(=O)CS2)cc1CSc1ccccn1. The predicted molar refractivity (Wildman–Crippen MR) is 102 cm³/mol. The number of aromatic nitrogens is 1. The Morgan fingerprint density at radius 3 is 3.04 bits per heavy atom. The van der Waals surface area contributed by atoms with E-state index in [-0.39, 0.29) is 5.91 Å². The molecule has 1 N–H and O–H groups in total. The second kappa shape index (κ2) is 8.68. The highest BCUT2D eigenvalue weighted by Gasteiger charge is 2.15. The van der Waals surface area contributed by atoms with Crippen LogP contribution in [0.1, 0.15) is 11.1 Å². The average molecular weight is 372 g/mol. The number of carbonyl (C=O) groups is 1. The number of carbonyl (C=O) groups excluding carboxylic acids is 1. The molecule has 6 nitrogen and oxygen atoms in total. The van der Waals surface area contributed by atoms with Crippen molar-refractivity contribution in [2.75, 3.05) is 12.9 Å². The number of hydrogen-bond donors (Lipinski definition) is 1. The number of hydrogen-bond acceptors (Lipinski definition) is 7. The molecule has 128 valence electrons. The lowest BCUT2D eigenvalue weighted by molar-refractivity contribution is -0.116. The molecule has 1 saturated heterocycles. The first-order chi connectivity index (χ1) is 12.2. The first-order valence-electron chi connectivity index (χ1n) is 7.49. The van der Waals surface area contributed by atoms with Gasteiger partial charge in [-0.1, -0.05) is 17.8 Å². The van der Waals surface area contributed by atoms with Gasteiger partial charge in [-0.15, -0.1) is 16.9 Å². The van der Waals surface area contributed by atoms with E-state index >= 15 is 0 Å². The van der Waals surface area contributed by atoms with Crippen LogP contribution >= 0.6 is 23.5 Å². The summed E-state index contributed by atoms with van der Waals surface area (Å²) in [5.41, 5.74) is 1.97. The van der Waals surface area contributed by atoms with E-state index < -0.39 is 0 Å². The van der Waals surface area contributed by atoms with Crippen molar-refractivity contribution in [2.45, 2.75) is 10.8 Å². The summed E-state index contributed by atoms with van der Waals surface area (Å²) in [5, 5.41) is 12.2. The van der Waals surface area contributed by atoms with Crippen LogP contribution in [0.15, 0.2) is 57.8 Å². The Bertz CT molecular complexity index is 810. The van der Waals surface area contributed by atoms with Gasteiger partial charge in [0.2, 0.25) is 5.91 Å². The molecule has 2 heterocycles. The number of benzene rings is 1. The molecule has 0 aliphatic carbocycles. The van der Waals surface area contributed by atoms with Gasteiger partial charge < -0.3 is 10.1 Å². The summed E-state index contributed by atoms with van der Waals surface area (Å²) in [7, 11) is 1.66. The lowest BCUT2D eigenvalue weighted by Gasteiger charge is -2.09. The third-order valence-corrected chi connectivity index (χ3v) is 5.12. The number of amides is 1. The van der Waals surface area contributed by atoms with E-state index in [9.17, 15) is 4.79 Å². The molecule has 2 aromatic rings. The van der Waals surface area contributed by atoms with E-state index in [2.05, 4.69) is 20.5 Å². The van der Waals surface area contributed by atoms with Gasteiger partial charge in [0.05, 0.1) is 24.1 Å². The third-order valence-electron chi connectivity index (χ3n) is 3.26. The van der Waals surface area contributed by atoms with E-state index in [0.717, 1.165) is 27.7 Å². The van der Waals surface area contributed by atoms with Crippen LogP contribution in [-0.4, -0.2) is 35.1 Å². The summed E-state index contributed by atoms with van der Waals surface area (Å²) in [6, 6.07) is 11.7.